The van der Waals surface area contributed by atoms with Gasteiger partial charge >= 0.3 is 0 Å². The van der Waals surface area contributed by atoms with Crippen LogP contribution < -0.4 is 10.2 Å². The summed E-state index contributed by atoms with van der Waals surface area (Å²) >= 11 is 0. The molecule has 23 heavy (non-hydrogen) atoms. The summed E-state index contributed by atoms with van der Waals surface area (Å²) in [6.07, 6.45) is 3.52. The van der Waals surface area contributed by atoms with E-state index in [2.05, 4.69) is 20.2 Å². The Bertz CT molecular complexity index is 697. The Balaban J connectivity index is 1.70. The van der Waals surface area contributed by atoms with Crippen molar-refractivity contribution >= 4 is 11.7 Å². The standard InChI is InChI=1S/C16H16F2N4O/c17-12-4-3-5-13(18)11(12)9-19-16(23)14-8-15(21-10-20-14)22-6-1-2-7-22/h3-5,8,10H,1-2,6-7,9H2,(H,19,23). The van der Waals surface area contributed by atoms with E-state index >= 15 is 0 Å². The van der Waals surface area contributed by atoms with Gasteiger partial charge in [0.25, 0.3) is 5.91 Å². The fourth-order valence-corrected chi connectivity index (χ4v) is 2.55. The summed E-state index contributed by atoms with van der Waals surface area (Å²) in [5, 5.41) is 2.49. The van der Waals surface area contributed by atoms with Crippen molar-refractivity contribution in [1.82, 2.24) is 15.3 Å². The zero-order chi connectivity index (χ0) is 16.2. The van der Waals surface area contributed by atoms with E-state index < -0.39 is 17.5 Å². The average Bonchev–Trinajstić information content (AvgIpc) is 3.09. The number of carbonyl (C=O) groups is 1. The van der Waals surface area contributed by atoms with Gasteiger partial charge in [-0.05, 0) is 25.0 Å². The molecule has 0 unspecified atom stereocenters. The van der Waals surface area contributed by atoms with Crippen LogP contribution in [0.3, 0.4) is 0 Å². The molecule has 0 spiro atoms. The van der Waals surface area contributed by atoms with Crippen molar-refractivity contribution in [1.29, 1.82) is 0 Å². The van der Waals surface area contributed by atoms with Crippen LogP contribution in [0.1, 0.15) is 28.9 Å². The van der Waals surface area contributed by atoms with E-state index in [-0.39, 0.29) is 17.8 Å². The molecule has 7 heteroatoms. The third-order valence-electron chi connectivity index (χ3n) is 3.80. The fraction of sp³-hybridized carbons (Fsp3) is 0.312. The molecule has 1 fully saturated rings. The van der Waals surface area contributed by atoms with Crippen LogP contribution in [0, 0.1) is 11.6 Å². The molecule has 1 aliphatic heterocycles. The highest BCUT2D eigenvalue weighted by molar-refractivity contribution is 5.92. The quantitative estimate of drug-likeness (QED) is 0.940. The molecule has 3 rings (SSSR count). The molecular formula is C16H16F2N4O. The first-order valence-corrected chi connectivity index (χ1v) is 7.43. The molecule has 0 bridgehead atoms. The zero-order valence-electron chi connectivity index (χ0n) is 12.4. The Morgan fingerprint density at radius 1 is 1.17 bits per heavy atom. The number of rotatable bonds is 4. The maximum absolute atomic E-state index is 13.5. The lowest BCUT2D eigenvalue weighted by Gasteiger charge is -2.16. The Kier molecular flexibility index (Phi) is 4.45. The van der Waals surface area contributed by atoms with Crippen molar-refractivity contribution in [3.05, 3.63) is 53.5 Å². The number of amides is 1. The molecule has 0 atom stereocenters. The number of carbonyl (C=O) groups excluding carboxylic acids is 1. The van der Waals surface area contributed by atoms with Gasteiger partial charge in [0.2, 0.25) is 0 Å². The molecule has 0 saturated carbocycles. The molecule has 1 saturated heterocycles. The lowest BCUT2D eigenvalue weighted by Crippen LogP contribution is -2.26. The van der Waals surface area contributed by atoms with Gasteiger partial charge in [-0.2, -0.15) is 0 Å². The first-order chi connectivity index (χ1) is 11.1. The lowest BCUT2D eigenvalue weighted by molar-refractivity contribution is 0.0945. The third-order valence-corrected chi connectivity index (χ3v) is 3.80. The summed E-state index contributed by atoms with van der Waals surface area (Å²) in [5.74, 6) is -1.17. The Labute approximate surface area is 132 Å². The van der Waals surface area contributed by atoms with Crippen LogP contribution >= 0.6 is 0 Å². The van der Waals surface area contributed by atoms with E-state index in [0.717, 1.165) is 38.1 Å². The predicted molar refractivity (Wildman–Crippen MR) is 81.0 cm³/mol. The van der Waals surface area contributed by atoms with E-state index in [1.807, 2.05) is 0 Å². The first kappa shape index (κ1) is 15.3. The molecular weight excluding hydrogens is 302 g/mol. The molecule has 2 aromatic rings. The van der Waals surface area contributed by atoms with Crippen LogP contribution in [-0.4, -0.2) is 29.0 Å². The van der Waals surface area contributed by atoms with Gasteiger partial charge in [0.05, 0.1) is 0 Å². The highest BCUT2D eigenvalue weighted by atomic mass is 19.1. The lowest BCUT2D eigenvalue weighted by atomic mass is 10.2. The maximum atomic E-state index is 13.5. The minimum atomic E-state index is -0.689. The second kappa shape index (κ2) is 6.68. The van der Waals surface area contributed by atoms with Crippen LogP contribution in [0.15, 0.2) is 30.6 Å². The van der Waals surface area contributed by atoms with E-state index in [9.17, 15) is 13.6 Å². The second-order valence-electron chi connectivity index (χ2n) is 5.34. The molecule has 1 aromatic heterocycles. The number of benzene rings is 1. The minimum absolute atomic E-state index is 0.172. The van der Waals surface area contributed by atoms with Crippen LogP contribution in [0.4, 0.5) is 14.6 Å². The molecule has 0 aliphatic carbocycles. The zero-order valence-corrected chi connectivity index (χ0v) is 12.4. The van der Waals surface area contributed by atoms with Crippen molar-refractivity contribution in [2.45, 2.75) is 19.4 Å². The molecule has 1 aromatic carbocycles. The number of halogens is 2. The highest BCUT2D eigenvalue weighted by Gasteiger charge is 2.17. The normalized spacial score (nSPS) is 14.1. The maximum Gasteiger partial charge on any atom is 0.270 e. The van der Waals surface area contributed by atoms with Gasteiger partial charge in [0.1, 0.15) is 29.5 Å². The van der Waals surface area contributed by atoms with Crippen molar-refractivity contribution in [3.8, 4) is 0 Å². The van der Waals surface area contributed by atoms with Crippen molar-refractivity contribution in [2.75, 3.05) is 18.0 Å². The molecule has 1 N–H and O–H groups in total. The van der Waals surface area contributed by atoms with E-state index in [4.69, 9.17) is 0 Å². The number of hydrogen-bond donors (Lipinski definition) is 1. The minimum Gasteiger partial charge on any atom is -0.357 e. The molecule has 2 heterocycles. The summed E-state index contributed by atoms with van der Waals surface area (Å²) in [5.41, 5.74) is 0.00770. The Hall–Kier alpha value is -2.57. The smallest absolute Gasteiger partial charge is 0.270 e. The van der Waals surface area contributed by atoms with Crippen molar-refractivity contribution in [2.24, 2.45) is 0 Å². The van der Waals surface area contributed by atoms with Gasteiger partial charge in [-0.25, -0.2) is 18.7 Å². The summed E-state index contributed by atoms with van der Waals surface area (Å²) in [6, 6.07) is 5.18. The third kappa shape index (κ3) is 3.44. The number of aromatic nitrogens is 2. The molecule has 5 nitrogen and oxygen atoms in total. The van der Waals surface area contributed by atoms with Gasteiger partial charge in [-0.3, -0.25) is 4.79 Å². The molecule has 0 radical (unpaired) electrons. The molecule has 120 valence electrons. The predicted octanol–water partition coefficient (Wildman–Crippen LogP) is 2.29. The van der Waals surface area contributed by atoms with E-state index in [0.29, 0.717) is 5.82 Å². The largest absolute Gasteiger partial charge is 0.357 e. The summed E-state index contributed by atoms with van der Waals surface area (Å²) in [4.78, 5) is 22.3. The van der Waals surface area contributed by atoms with E-state index in [1.165, 1.54) is 12.4 Å². The van der Waals surface area contributed by atoms with Crippen molar-refractivity contribution < 1.29 is 13.6 Å². The average molecular weight is 318 g/mol. The second-order valence-corrected chi connectivity index (χ2v) is 5.34. The number of hydrogen-bond acceptors (Lipinski definition) is 4. The topological polar surface area (TPSA) is 58.1 Å². The summed E-state index contributed by atoms with van der Waals surface area (Å²) in [6.45, 7) is 1.57. The van der Waals surface area contributed by atoms with Crippen LogP contribution in [0.5, 0.6) is 0 Å². The van der Waals surface area contributed by atoms with Gasteiger partial charge in [-0.15, -0.1) is 0 Å². The Morgan fingerprint density at radius 2 is 1.87 bits per heavy atom. The van der Waals surface area contributed by atoms with Gasteiger partial charge in [0, 0.05) is 31.3 Å². The van der Waals surface area contributed by atoms with Gasteiger partial charge < -0.3 is 10.2 Å². The van der Waals surface area contributed by atoms with Crippen LogP contribution in [0.25, 0.3) is 0 Å². The highest BCUT2D eigenvalue weighted by Crippen LogP contribution is 2.17. The monoisotopic (exact) mass is 318 g/mol. The first-order valence-electron chi connectivity index (χ1n) is 7.43. The fourth-order valence-electron chi connectivity index (χ4n) is 2.55. The van der Waals surface area contributed by atoms with E-state index in [1.54, 1.807) is 6.07 Å². The SMILES string of the molecule is O=C(NCc1c(F)cccc1F)c1cc(N2CCCC2)ncn1. The molecule has 1 aliphatic rings. The van der Waals surface area contributed by atoms with Crippen LogP contribution in [0.2, 0.25) is 0 Å². The molecule has 1 amide bonds. The van der Waals surface area contributed by atoms with Gasteiger partial charge in [-0.1, -0.05) is 6.07 Å². The number of nitrogens with one attached hydrogen (secondary N) is 1. The van der Waals surface area contributed by atoms with Gasteiger partial charge in [0.15, 0.2) is 0 Å². The number of nitrogens with zero attached hydrogens (tertiary/aromatic N) is 3. The Morgan fingerprint density at radius 3 is 2.57 bits per heavy atom. The van der Waals surface area contributed by atoms with Crippen molar-refractivity contribution in [3.63, 3.8) is 0 Å². The number of anilines is 1. The van der Waals surface area contributed by atoms with Crippen LogP contribution in [-0.2, 0) is 6.54 Å². The summed E-state index contributed by atoms with van der Waals surface area (Å²) < 4.78 is 27.1. The summed E-state index contributed by atoms with van der Waals surface area (Å²) in [7, 11) is 0.